The van der Waals surface area contributed by atoms with Crippen LogP contribution >= 0.6 is 11.8 Å². The van der Waals surface area contributed by atoms with Gasteiger partial charge in [0.05, 0.1) is 41.5 Å². The maximum Gasteiger partial charge on any atom is 0.239 e. The molecule has 0 aliphatic rings. The Morgan fingerprint density at radius 1 is 0.493 bits per heavy atom. The van der Waals surface area contributed by atoms with Crippen molar-refractivity contribution in [1.29, 1.82) is 0 Å². The molecule has 5 amide bonds. The van der Waals surface area contributed by atoms with Crippen LogP contribution in [0.1, 0.15) is 111 Å². The van der Waals surface area contributed by atoms with Gasteiger partial charge in [-0.05, 0) is 91.9 Å². The number of amidine groups is 5. The van der Waals surface area contributed by atoms with Crippen molar-refractivity contribution in [2.45, 2.75) is 129 Å². The Morgan fingerprint density at radius 3 is 1.37 bits per heavy atom. The van der Waals surface area contributed by atoms with Crippen LogP contribution in [0.15, 0.2) is 25.0 Å². The van der Waals surface area contributed by atoms with E-state index in [1.165, 1.54) is 11.8 Å². The first-order valence-corrected chi connectivity index (χ1v) is 26.1. The van der Waals surface area contributed by atoms with Crippen molar-refractivity contribution in [1.82, 2.24) is 25.3 Å². The number of nitrogens with zero attached hydrogens (tertiary/aromatic N) is 8. The van der Waals surface area contributed by atoms with Gasteiger partial charge in [-0.25, -0.2) is 4.39 Å². The van der Waals surface area contributed by atoms with E-state index in [9.17, 15) is 28.4 Å². The van der Waals surface area contributed by atoms with Crippen LogP contribution in [0.2, 0.25) is 0 Å². The lowest BCUT2D eigenvalue weighted by Gasteiger charge is -2.32. The average Bonchev–Trinajstić information content (AvgIpc) is 3.31. The van der Waals surface area contributed by atoms with Gasteiger partial charge in [-0.2, -0.15) is 11.8 Å². The fourth-order valence-corrected chi connectivity index (χ4v) is 7.53. The Bertz CT molecular complexity index is 1690. The number of carbonyl (C=O) groups is 5. The smallest absolute Gasteiger partial charge is 0.239 e. The molecule has 0 heterocycles. The van der Waals surface area contributed by atoms with Crippen LogP contribution in [0.25, 0.3) is 0 Å². The molecule has 0 saturated heterocycles. The van der Waals surface area contributed by atoms with E-state index in [4.69, 9.17) is 45.9 Å². The van der Waals surface area contributed by atoms with E-state index in [1.807, 2.05) is 0 Å². The van der Waals surface area contributed by atoms with E-state index >= 15 is 0 Å². The molecule has 3 atom stereocenters. The number of nitrogens with one attached hydrogen (secondary N) is 2. The van der Waals surface area contributed by atoms with E-state index in [-0.39, 0.29) is 101 Å². The topological polar surface area (TPSA) is 389 Å². The Morgan fingerprint density at radius 2 is 0.887 bits per heavy atom. The Kier molecular flexibility index (Phi) is 38.5. The molecule has 3 unspecified atom stereocenters. The summed E-state index contributed by atoms with van der Waals surface area (Å²) in [6, 6.07) is -2.47. The molecule has 0 rings (SSSR count). The fraction of sp³-hybridized carbons (Fsp3) is 0.783. The van der Waals surface area contributed by atoms with Crippen LogP contribution in [0.4, 0.5) is 4.39 Å². The average molecular weight is 1030 g/mol. The van der Waals surface area contributed by atoms with Gasteiger partial charge in [0.25, 0.3) is 0 Å². The molecule has 23 nitrogen and oxygen atoms in total. The van der Waals surface area contributed by atoms with E-state index in [0.29, 0.717) is 125 Å². The second-order valence-electron chi connectivity index (χ2n) is 17.4. The third-order valence-electron chi connectivity index (χ3n) is 10.8. The molecule has 0 radical (unpaired) electrons. The minimum atomic E-state index is -0.879. The molecule has 0 aromatic carbocycles. The minimum absolute atomic E-state index is 0.0777. The highest BCUT2D eigenvalue weighted by Gasteiger charge is 2.25. The van der Waals surface area contributed by atoms with Crippen molar-refractivity contribution < 1.29 is 28.4 Å². The van der Waals surface area contributed by atoms with Crippen LogP contribution in [0.5, 0.6) is 0 Å². The van der Waals surface area contributed by atoms with E-state index in [0.717, 1.165) is 12.8 Å². The second-order valence-corrected chi connectivity index (χ2v) is 18.6. The third kappa shape index (κ3) is 36.4. The zero-order chi connectivity index (χ0) is 53.4. The summed E-state index contributed by atoms with van der Waals surface area (Å²) in [4.78, 5) is 93.3. The quantitative estimate of drug-likeness (QED) is 0.0206. The highest BCUT2D eigenvalue weighted by atomic mass is 32.2. The van der Waals surface area contributed by atoms with Gasteiger partial charge in [0.2, 0.25) is 29.5 Å². The van der Waals surface area contributed by atoms with Crippen molar-refractivity contribution in [3.8, 4) is 0 Å². The van der Waals surface area contributed by atoms with Gasteiger partial charge in [-0.15, -0.1) is 0 Å². The standard InChI is InChI=1S/C46H91FN18O5S/c1-34(48)56-18-10-5-6-16-42(66)63(26-23-62-45(69)40(54)33-71-31-24-59-37(4)51)27-29-65(46(70)39(53)15-8-11-19-57-35(2)49)30-28-64(43(67)17-9-13-20-58-36(3)50)25-22-61-44(68)38(52)14-7-12-21-60-41(55)32-47/h38-40H,5-33,52-54H2,1-4H3,(H2,48,56)(H2,49,57)(H2,50,58)(H2,51,59)(H2,55,60)(H,61,68)(H,62,69). The molecule has 0 saturated carbocycles. The summed E-state index contributed by atoms with van der Waals surface area (Å²) in [5.74, 6) is 1.40. The number of nitrogens with two attached hydrogens (primary N) is 8. The normalized spacial score (nSPS) is 13.9. The van der Waals surface area contributed by atoms with Gasteiger partial charge in [0.1, 0.15) is 12.5 Å². The van der Waals surface area contributed by atoms with Crippen molar-refractivity contribution in [2.75, 3.05) is 103 Å². The molecule has 408 valence electrons. The van der Waals surface area contributed by atoms with Gasteiger partial charge in [-0.3, -0.25) is 48.9 Å². The maximum absolute atomic E-state index is 14.2. The molecule has 0 spiro atoms. The van der Waals surface area contributed by atoms with Gasteiger partial charge in [0, 0.05) is 109 Å². The number of amides is 5. The highest BCUT2D eigenvalue weighted by Crippen LogP contribution is 2.10. The molecule has 0 fully saturated rings. The summed E-state index contributed by atoms with van der Waals surface area (Å²) in [6.07, 6.45) is 6.86. The lowest BCUT2D eigenvalue weighted by atomic mass is 10.1. The van der Waals surface area contributed by atoms with Gasteiger partial charge >= 0.3 is 0 Å². The molecule has 71 heavy (non-hydrogen) atoms. The fourth-order valence-electron chi connectivity index (χ4n) is 6.74. The first-order chi connectivity index (χ1) is 33.8. The number of unbranched alkanes of at least 4 members (excludes halogenated alkanes) is 5. The largest absolute Gasteiger partial charge is 0.388 e. The van der Waals surface area contributed by atoms with Crippen LogP contribution in [0, 0.1) is 0 Å². The first kappa shape index (κ1) is 65.9. The molecular formula is C46H91FN18O5S. The summed E-state index contributed by atoms with van der Waals surface area (Å²) in [5.41, 5.74) is 46.9. The zero-order valence-corrected chi connectivity index (χ0v) is 44.1. The van der Waals surface area contributed by atoms with Crippen molar-refractivity contribution in [3.05, 3.63) is 0 Å². The number of hydrogen-bond acceptors (Lipinski definition) is 14. The first-order valence-electron chi connectivity index (χ1n) is 24.9. The number of halogens is 1. The summed E-state index contributed by atoms with van der Waals surface area (Å²) >= 11 is 1.49. The highest BCUT2D eigenvalue weighted by molar-refractivity contribution is 7.99. The van der Waals surface area contributed by atoms with Gasteiger partial charge in [0.15, 0.2) is 0 Å². The van der Waals surface area contributed by atoms with Crippen LogP contribution in [-0.4, -0.2) is 195 Å². The predicted octanol–water partition coefficient (Wildman–Crippen LogP) is -0.674. The van der Waals surface area contributed by atoms with Crippen LogP contribution < -0.4 is 56.5 Å². The Labute approximate surface area is 426 Å². The summed E-state index contributed by atoms with van der Waals surface area (Å²) in [6.45, 7) is 9.28. The number of rotatable bonds is 42. The Balaban J connectivity index is 6.32. The molecule has 0 aliphatic carbocycles. The lowest BCUT2D eigenvalue weighted by Crippen LogP contribution is -2.51. The van der Waals surface area contributed by atoms with Crippen LogP contribution in [-0.2, 0) is 24.0 Å². The van der Waals surface area contributed by atoms with E-state index < -0.39 is 24.8 Å². The molecule has 0 aliphatic heterocycles. The monoisotopic (exact) mass is 1030 g/mol. The van der Waals surface area contributed by atoms with Crippen molar-refractivity contribution in [2.24, 2.45) is 70.8 Å². The van der Waals surface area contributed by atoms with Crippen molar-refractivity contribution >= 4 is 70.5 Å². The molecule has 18 N–H and O–H groups in total. The van der Waals surface area contributed by atoms with E-state index in [2.05, 4.69) is 35.6 Å². The molecule has 25 heteroatoms. The van der Waals surface area contributed by atoms with Crippen molar-refractivity contribution in [3.63, 3.8) is 0 Å². The molecule has 0 aromatic rings. The third-order valence-corrected chi connectivity index (χ3v) is 11.8. The Hall–Kier alpha value is -5.14. The number of thioether (sulfide) groups is 1. The summed E-state index contributed by atoms with van der Waals surface area (Å²) in [7, 11) is 0. The minimum Gasteiger partial charge on any atom is -0.388 e. The molecular weight excluding hydrogens is 936 g/mol. The SMILES string of the molecule is CC(N)=NCCCCCC(=O)N(CCNC(=O)C(N)CSCCN=C(C)N)CCN(CCN(CCNC(=O)C(N)CCCCN=C(N)CF)C(=O)CCCCN=C(C)N)C(=O)C(N)CCCCN=C(C)N. The number of aliphatic imine (C=N–C) groups is 5. The number of carbonyl (C=O) groups excluding carboxylic acids is 5. The van der Waals surface area contributed by atoms with Gasteiger partial charge < -0.3 is 71.2 Å². The van der Waals surface area contributed by atoms with Gasteiger partial charge in [-0.1, -0.05) is 6.42 Å². The van der Waals surface area contributed by atoms with Crippen LogP contribution in [0.3, 0.4) is 0 Å². The second kappa shape index (κ2) is 41.5. The number of hydrogen-bond donors (Lipinski definition) is 10. The summed E-state index contributed by atoms with van der Waals surface area (Å²) in [5, 5.41) is 5.67. The van der Waals surface area contributed by atoms with E-state index in [1.54, 1.807) is 42.4 Å². The molecule has 0 bridgehead atoms. The lowest BCUT2D eigenvalue weighted by molar-refractivity contribution is -0.137. The summed E-state index contributed by atoms with van der Waals surface area (Å²) < 4.78 is 12.6. The zero-order valence-electron chi connectivity index (χ0n) is 43.3. The number of alkyl halides is 1. The predicted molar refractivity (Wildman–Crippen MR) is 288 cm³/mol. The molecule has 0 aromatic heterocycles. The maximum atomic E-state index is 14.2.